The Balaban J connectivity index is 3.00. The normalized spacial score (nSPS) is 10.2. The minimum atomic E-state index is -0.210. The summed E-state index contributed by atoms with van der Waals surface area (Å²) in [6.07, 6.45) is 0.859. The first-order valence-corrected chi connectivity index (χ1v) is 6.79. The summed E-state index contributed by atoms with van der Waals surface area (Å²) >= 11 is 1.16. The summed E-state index contributed by atoms with van der Waals surface area (Å²) in [6.45, 7) is 6.72. The molecule has 0 saturated heterocycles. The number of carbonyl (C=O) groups excluding carboxylic acids is 2. The maximum atomic E-state index is 11.9. The Bertz CT molecular complexity index is 454. The van der Waals surface area contributed by atoms with Crippen LogP contribution in [-0.2, 0) is 0 Å². The lowest BCUT2D eigenvalue weighted by molar-refractivity contribution is 0.0953. The van der Waals surface area contributed by atoms with Gasteiger partial charge in [-0.15, -0.1) is 11.3 Å². The van der Waals surface area contributed by atoms with Crippen LogP contribution in [0.15, 0.2) is 0 Å². The molecule has 1 aromatic heterocycles. The van der Waals surface area contributed by atoms with Gasteiger partial charge in [0.15, 0.2) is 0 Å². The van der Waals surface area contributed by atoms with Gasteiger partial charge in [0.2, 0.25) is 0 Å². The molecule has 4 N–H and O–H groups in total. The van der Waals surface area contributed by atoms with Crippen LogP contribution in [0.4, 0.5) is 5.00 Å². The van der Waals surface area contributed by atoms with Crippen molar-refractivity contribution in [1.29, 1.82) is 0 Å². The van der Waals surface area contributed by atoms with Gasteiger partial charge < -0.3 is 16.4 Å². The van der Waals surface area contributed by atoms with E-state index in [4.69, 9.17) is 5.73 Å². The minimum Gasteiger partial charge on any atom is -0.390 e. The van der Waals surface area contributed by atoms with Gasteiger partial charge in [-0.1, -0.05) is 6.92 Å². The fraction of sp³-hybridized carbons (Fsp3) is 0.500. The van der Waals surface area contributed by atoms with Crippen molar-refractivity contribution >= 4 is 28.2 Å². The van der Waals surface area contributed by atoms with Gasteiger partial charge in [-0.3, -0.25) is 9.59 Å². The molecule has 5 nitrogen and oxygen atoms in total. The molecule has 0 spiro atoms. The Labute approximate surface area is 111 Å². The number of nitrogen functional groups attached to an aromatic ring is 1. The third kappa shape index (κ3) is 3.01. The van der Waals surface area contributed by atoms with Gasteiger partial charge in [-0.2, -0.15) is 0 Å². The molecule has 0 unspecified atom stereocenters. The zero-order valence-corrected chi connectivity index (χ0v) is 11.7. The first-order chi connectivity index (χ1) is 8.52. The van der Waals surface area contributed by atoms with Crippen molar-refractivity contribution < 1.29 is 9.59 Å². The van der Waals surface area contributed by atoms with Gasteiger partial charge in [-0.25, -0.2) is 0 Å². The van der Waals surface area contributed by atoms with Crippen LogP contribution in [0.3, 0.4) is 0 Å². The third-order valence-corrected chi connectivity index (χ3v) is 3.60. The predicted octanol–water partition coefficient (Wildman–Crippen LogP) is 1.53. The first kappa shape index (κ1) is 14.5. The van der Waals surface area contributed by atoms with E-state index in [0.29, 0.717) is 34.1 Å². The average Bonchev–Trinajstić information content (AvgIpc) is 2.62. The number of hydrogen-bond acceptors (Lipinski definition) is 4. The summed E-state index contributed by atoms with van der Waals surface area (Å²) in [5, 5.41) is 5.87. The van der Waals surface area contributed by atoms with Crippen molar-refractivity contribution in [3.63, 3.8) is 0 Å². The summed E-state index contributed by atoms with van der Waals surface area (Å²) in [6, 6.07) is 0. The Morgan fingerprint density at radius 2 is 1.89 bits per heavy atom. The van der Waals surface area contributed by atoms with Gasteiger partial charge in [0.25, 0.3) is 11.8 Å². The Morgan fingerprint density at radius 3 is 2.44 bits per heavy atom. The lowest BCUT2D eigenvalue weighted by Gasteiger charge is -2.04. The fourth-order valence-electron chi connectivity index (χ4n) is 1.60. The number of hydrogen-bond donors (Lipinski definition) is 3. The lowest BCUT2D eigenvalue weighted by atomic mass is 10.1. The van der Waals surface area contributed by atoms with E-state index in [2.05, 4.69) is 10.6 Å². The summed E-state index contributed by atoms with van der Waals surface area (Å²) in [4.78, 5) is 24.2. The molecule has 0 atom stereocenters. The van der Waals surface area contributed by atoms with E-state index in [9.17, 15) is 9.59 Å². The van der Waals surface area contributed by atoms with Gasteiger partial charge in [0.1, 0.15) is 0 Å². The second kappa shape index (κ2) is 6.39. The average molecular weight is 269 g/mol. The molecule has 1 heterocycles. The van der Waals surface area contributed by atoms with E-state index in [1.165, 1.54) is 0 Å². The molecule has 0 aromatic carbocycles. The van der Waals surface area contributed by atoms with Crippen molar-refractivity contribution in [3.8, 4) is 0 Å². The summed E-state index contributed by atoms with van der Waals surface area (Å²) in [5.41, 5.74) is 6.90. The third-order valence-electron chi connectivity index (χ3n) is 2.48. The summed E-state index contributed by atoms with van der Waals surface area (Å²) < 4.78 is 0. The molecule has 0 saturated carbocycles. The summed E-state index contributed by atoms with van der Waals surface area (Å²) in [7, 11) is 0. The zero-order valence-electron chi connectivity index (χ0n) is 10.9. The monoisotopic (exact) mass is 269 g/mol. The molecule has 18 heavy (non-hydrogen) atoms. The van der Waals surface area contributed by atoms with E-state index < -0.39 is 0 Å². The smallest absolute Gasteiger partial charge is 0.261 e. The molecule has 0 aliphatic rings. The molecule has 0 radical (unpaired) electrons. The highest BCUT2D eigenvalue weighted by Gasteiger charge is 2.22. The summed E-state index contributed by atoms with van der Waals surface area (Å²) in [5.74, 6) is -0.389. The Morgan fingerprint density at radius 1 is 1.22 bits per heavy atom. The van der Waals surface area contributed by atoms with E-state index in [0.717, 1.165) is 17.8 Å². The lowest BCUT2D eigenvalue weighted by Crippen LogP contribution is -2.26. The number of anilines is 1. The second-order valence-electron chi connectivity index (χ2n) is 3.91. The SMILES string of the molecule is CCCNC(=O)c1c(N)sc(C(=O)NCC)c1C. The van der Waals surface area contributed by atoms with Crippen LogP contribution in [0.2, 0.25) is 0 Å². The van der Waals surface area contributed by atoms with Crippen LogP contribution in [0.25, 0.3) is 0 Å². The zero-order chi connectivity index (χ0) is 13.7. The largest absolute Gasteiger partial charge is 0.390 e. The molecule has 6 heteroatoms. The topological polar surface area (TPSA) is 84.2 Å². The van der Waals surface area contributed by atoms with Crippen molar-refractivity contribution in [2.45, 2.75) is 27.2 Å². The minimum absolute atomic E-state index is 0.179. The predicted molar refractivity (Wildman–Crippen MR) is 74.1 cm³/mol. The first-order valence-electron chi connectivity index (χ1n) is 5.98. The number of amides is 2. The second-order valence-corrected chi connectivity index (χ2v) is 4.96. The molecule has 2 amide bonds. The van der Waals surface area contributed by atoms with Gasteiger partial charge in [0, 0.05) is 13.1 Å². The van der Waals surface area contributed by atoms with E-state index in [-0.39, 0.29) is 11.8 Å². The number of nitrogens with two attached hydrogens (primary N) is 1. The van der Waals surface area contributed by atoms with Crippen LogP contribution in [0.5, 0.6) is 0 Å². The van der Waals surface area contributed by atoms with Crippen molar-refractivity contribution in [2.24, 2.45) is 0 Å². The van der Waals surface area contributed by atoms with Gasteiger partial charge >= 0.3 is 0 Å². The maximum Gasteiger partial charge on any atom is 0.261 e. The number of nitrogens with one attached hydrogen (secondary N) is 2. The number of rotatable bonds is 5. The van der Waals surface area contributed by atoms with Gasteiger partial charge in [-0.05, 0) is 25.8 Å². The van der Waals surface area contributed by atoms with Crippen LogP contribution >= 0.6 is 11.3 Å². The molecule has 0 aliphatic carbocycles. The molecule has 0 fully saturated rings. The maximum absolute atomic E-state index is 11.9. The number of carbonyl (C=O) groups is 2. The van der Waals surface area contributed by atoms with E-state index in [1.54, 1.807) is 6.92 Å². The highest BCUT2D eigenvalue weighted by Crippen LogP contribution is 2.30. The molecule has 0 aliphatic heterocycles. The van der Waals surface area contributed by atoms with E-state index in [1.807, 2.05) is 13.8 Å². The Kier molecular flexibility index (Phi) is 5.15. The molecular weight excluding hydrogens is 250 g/mol. The van der Waals surface area contributed by atoms with Gasteiger partial charge in [0.05, 0.1) is 15.4 Å². The van der Waals surface area contributed by atoms with Crippen molar-refractivity contribution in [1.82, 2.24) is 10.6 Å². The molecule has 1 aromatic rings. The standard InChI is InChI=1S/C12H19N3O2S/c1-4-6-15-11(16)8-7(3)9(18-10(8)13)12(17)14-5-2/h4-6,13H2,1-3H3,(H,14,17)(H,15,16). The molecule has 1 rings (SSSR count). The van der Waals surface area contributed by atoms with Crippen LogP contribution < -0.4 is 16.4 Å². The van der Waals surface area contributed by atoms with E-state index >= 15 is 0 Å². The fourth-order valence-corrected chi connectivity index (χ4v) is 2.59. The van der Waals surface area contributed by atoms with Crippen LogP contribution in [-0.4, -0.2) is 24.9 Å². The highest BCUT2D eigenvalue weighted by molar-refractivity contribution is 7.18. The quantitative estimate of drug-likeness (QED) is 0.758. The Hall–Kier alpha value is -1.56. The van der Waals surface area contributed by atoms with Crippen LogP contribution in [0, 0.1) is 6.92 Å². The molecular formula is C12H19N3O2S. The van der Waals surface area contributed by atoms with Crippen molar-refractivity contribution in [3.05, 3.63) is 16.0 Å². The van der Waals surface area contributed by atoms with Crippen molar-refractivity contribution in [2.75, 3.05) is 18.8 Å². The highest BCUT2D eigenvalue weighted by atomic mass is 32.1. The van der Waals surface area contributed by atoms with Crippen LogP contribution in [0.1, 0.15) is 45.9 Å². The molecule has 0 bridgehead atoms. The number of thiophene rings is 1. The molecule has 100 valence electrons.